The third-order valence-electron chi connectivity index (χ3n) is 4.27. The predicted molar refractivity (Wildman–Crippen MR) is 90.5 cm³/mol. The number of nitrogens with one attached hydrogen (secondary N) is 2. The molecule has 3 rings (SSSR count). The molecule has 1 fully saturated rings. The summed E-state index contributed by atoms with van der Waals surface area (Å²) in [5, 5.41) is 21.4. The molecule has 0 bridgehead atoms. The largest absolute Gasteiger partial charge is 0.394 e. The van der Waals surface area contributed by atoms with Crippen molar-refractivity contribution < 1.29 is 24.1 Å². The summed E-state index contributed by atoms with van der Waals surface area (Å²) < 4.78 is 19.3. The molecule has 10 heteroatoms. The Morgan fingerprint density at radius 2 is 2.04 bits per heavy atom. The highest BCUT2D eigenvalue weighted by Gasteiger charge is 2.35. The second-order valence-electron chi connectivity index (χ2n) is 6.13. The molecule has 2 heterocycles. The Labute approximate surface area is 152 Å². The molecule has 9 nitrogen and oxygen atoms in total. The molecule has 0 aliphatic carbocycles. The van der Waals surface area contributed by atoms with E-state index >= 15 is 0 Å². The lowest BCUT2D eigenvalue weighted by Crippen LogP contribution is -2.38. The zero-order chi connectivity index (χ0) is 19.6. The Hall–Kier alpha value is -2.82. The number of rotatable bonds is 5. The summed E-state index contributed by atoms with van der Waals surface area (Å²) in [4.78, 5) is 38.4. The average molecular weight is 379 g/mol. The van der Waals surface area contributed by atoms with E-state index in [1.165, 1.54) is 24.3 Å². The van der Waals surface area contributed by atoms with Gasteiger partial charge in [0.25, 0.3) is 11.5 Å². The van der Waals surface area contributed by atoms with Crippen LogP contribution in [0.1, 0.15) is 28.6 Å². The summed E-state index contributed by atoms with van der Waals surface area (Å²) in [6.45, 7) is -0.371. The zero-order valence-corrected chi connectivity index (χ0v) is 14.1. The van der Waals surface area contributed by atoms with E-state index in [1.807, 2.05) is 4.98 Å². The molecule has 27 heavy (non-hydrogen) atoms. The molecular formula is C17H18FN3O6. The van der Waals surface area contributed by atoms with E-state index in [2.05, 4.69) is 5.32 Å². The molecule has 1 aromatic carbocycles. The molecule has 3 unspecified atom stereocenters. The molecule has 0 spiro atoms. The van der Waals surface area contributed by atoms with Gasteiger partial charge in [-0.15, -0.1) is 0 Å². The molecule has 0 radical (unpaired) electrons. The van der Waals surface area contributed by atoms with Crippen molar-refractivity contribution in [3.8, 4) is 0 Å². The van der Waals surface area contributed by atoms with Gasteiger partial charge in [0.05, 0.1) is 12.7 Å². The second-order valence-corrected chi connectivity index (χ2v) is 6.13. The summed E-state index contributed by atoms with van der Waals surface area (Å²) in [6, 6.07) is 5.47. The molecule has 1 aliphatic rings. The van der Waals surface area contributed by atoms with Crippen molar-refractivity contribution in [1.82, 2.24) is 14.9 Å². The molecule has 4 N–H and O–H groups in total. The van der Waals surface area contributed by atoms with Gasteiger partial charge in [-0.25, -0.2) is 9.18 Å². The number of ether oxygens (including phenoxy) is 1. The maximum absolute atomic E-state index is 12.9. The van der Waals surface area contributed by atoms with E-state index in [-0.39, 0.29) is 18.5 Å². The zero-order valence-electron chi connectivity index (χ0n) is 14.1. The van der Waals surface area contributed by atoms with Crippen molar-refractivity contribution >= 4 is 5.91 Å². The Morgan fingerprint density at radius 1 is 1.33 bits per heavy atom. The summed E-state index contributed by atoms with van der Waals surface area (Å²) >= 11 is 0. The topological polar surface area (TPSA) is 134 Å². The van der Waals surface area contributed by atoms with Crippen LogP contribution in [0.3, 0.4) is 0 Å². The number of hydrogen-bond donors (Lipinski definition) is 4. The maximum atomic E-state index is 12.9. The number of hydrogen-bond acceptors (Lipinski definition) is 6. The van der Waals surface area contributed by atoms with Gasteiger partial charge in [0, 0.05) is 19.2 Å². The number of halogens is 1. The first-order valence-corrected chi connectivity index (χ1v) is 8.21. The maximum Gasteiger partial charge on any atom is 0.330 e. The van der Waals surface area contributed by atoms with Crippen LogP contribution in [0.15, 0.2) is 40.1 Å². The third kappa shape index (κ3) is 4.13. The molecule has 0 saturated carbocycles. The molecule has 1 amide bonds. The number of aliphatic hydroxyl groups excluding tert-OH is 2. The number of aromatic amines is 1. The van der Waals surface area contributed by atoms with Crippen LogP contribution >= 0.6 is 0 Å². The number of benzene rings is 1. The lowest BCUT2D eigenvalue weighted by atomic mass is 10.2. The Bertz CT molecular complexity index is 939. The summed E-state index contributed by atoms with van der Waals surface area (Å²) in [7, 11) is 0. The quantitative estimate of drug-likeness (QED) is 0.540. The van der Waals surface area contributed by atoms with Crippen molar-refractivity contribution in [3.05, 3.63) is 68.2 Å². The van der Waals surface area contributed by atoms with Crippen LogP contribution in [-0.2, 0) is 11.3 Å². The number of nitrogens with zero attached hydrogens (tertiary/aromatic N) is 1. The van der Waals surface area contributed by atoms with Gasteiger partial charge in [0.1, 0.15) is 23.7 Å². The average Bonchev–Trinajstić information content (AvgIpc) is 3.01. The minimum absolute atomic E-state index is 0.0216. The number of carbonyl (C=O) groups is 1. The highest BCUT2D eigenvalue weighted by atomic mass is 19.1. The fraction of sp³-hybridized carbons (Fsp3) is 0.353. The van der Waals surface area contributed by atoms with Crippen molar-refractivity contribution in [1.29, 1.82) is 0 Å². The molecule has 1 aliphatic heterocycles. The van der Waals surface area contributed by atoms with Gasteiger partial charge >= 0.3 is 5.69 Å². The van der Waals surface area contributed by atoms with Gasteiger partial charge < -0.3 is 20.3 Å². The van der Waals surface area contributed by atoms with E-state index in [4.69, 9.17) is 9.84 Å². The van der Waals surface area contributed by atoms with Crippen molar-refractivity contribution in [2.75, 3.05) is 6.61 Å². The van der Waals surface area contributed by atoms with Crippen LogP contribution in [-0.4, -0.2) is 44.5 Å². The normalized spacial score (nSPS) is 22.0. The number of aliphatic hydroxyl groups is 2. The first kappa shape index (κ1) is 19.0. The number of amides is 1. The third-order valence-corrected chi connectivity index (χ3v) is 4.27. The van der Waals surface area contributed by atoms with Gasteiger partial charge in [-0.05, 0) is 17.7 Å². The molecule has 2 aromatic rings. The smallest absolute Gasteiger partial charge is 0.330 e. The molecular weight excluding hydrogens is 361 g/mol. The fourth-order valence-electron chi connectivity index (χ4n) is 2.79. The Morgan fingerprint density at radius 3 is 2.67 bits per heavy atom. The first-order chi connectivity index (χ1) is 12.9. The summed E-state index contributed by atoms with van der Waals surface area (Å²) in [5.41, 5.74) is -1.36. The minimum atomic E-state index is -0.977. The second kappa shape index (κ2) is 7.82. The Balaban J connectivity index is 1.79. The van der Waals surface area contributed by atoms with Crippen LogP contribution < -0.4 is 16.6 Å². The minimum Gasteiger partial charge on any atom is -0.394 e. The molecule has 1 aromatic heterocycles. The van der Waals surface area contributed by atoms with Crippen molar-refractivity contribution in [2.24, 2.45) is 0 Å². The predicted octanol–water partition coefficient (Wildman–Crippen LogP) is -0.754. The number of carbonyl (C=O) groups excluding carboxylic acids is 1. The van der Waals surface area contributed by atoms with Crippen LogP contribution in [0, 0.1) is 5.82 Å². The van der Waals surface area contributed by atoms with Crippen molar-refractivity contribution in [2.45, 2.75) is 31.4 Å². The van der Waals surface area contributed by atoms with E-state index in [1.54, 1.807) is 0 Å². The summed E-state index contributed by atoms with van der Waals surface area (Å²) in [5.74, 6) is -1.14. The lowest BCUT2D eigenvalue weighted by Gasteiger charge is -2.15. The first-order valence-electron chi connectivity index (χ1n) is 8.21. The van der Waals surface area contributed by atoms with E-state index < -0.39 is 48.0 Å². The lowest BCUT2D eigenvalue weighted by molar-refractivity contribution is -0.0459. The van der Waals surface area contributed by atoms with Crippen LogP contribution in [0.2, 0.25) is 0 Å². The van der Waals surface area contributed by atoms with Crippen LogP contribution in [0.25, 0.3) is 0 Å². The van der Waals surface area contributed by atoms with Gasteiger partial charge in [-0.2, -0.15) is 0 Å². The molecule has 144 valence electrons. The fourth-order valence-corrected chi connectivity index (χ4v) is 2.79. The Kier molecular flexibility index (Phi) is 5.49. The standard InChI is InChI=1S/C17H18FN3O6/c18-10-3-1-9(2-4-10)6-19-15(24)11-7-21(17(26)20-16(11)25)14-5-12(23)13(8-22)27-14/h1-4,7,12-14,22-23H,5-6,8H2,(H,19,24)(H,20,25,26). The SMILES string of the molecule is O=C(NCc1ccc(F)cc1)c1cn(C2CC(O)C(CO)O2)c(=O)[nH]c1=O. The highest BCUT2D eigenvalue weighted by molar-refractivity contribution is 5.93. The van der Waals surface area contributed by atoms with Gasteiger partial charge in [0.2, 0.25) is 0 Å². The number of H-pyrrole nitrogens is 1. The van der Waals surface area contributed by atoms with E-state index in [9.17, 15) is 23.9 Å². The van der Waals surface area contributed by atoms with Crippen LogP contribution in [0.4, 0.5) is 4.39 Å². The monoisotopic (exact) mass is 379 g/mol. The highest BCUT2D eigenvalue weighted by Crippen LogP contribution is 2.27. The van der Waals surface area contributed by atoms with Crippen LogP contribution in [0.5, 0.6) is 0 Å². The van der Waals surface area contributed by atoms with E-state index in [0.29, 0.717) is 5.56 Å². The van der Waals surface area contributed by atoms with Gasteiger partial charge in [-0.1, -0.05) is 12.1 Å². The van der Waals surface area contributed by atoms with Crippen molar-refractivity contribution in [3.63, 3.8) is 0 Å². The molecule has 1 saturated heterocycles. The molecule has 3 atom stereocenters. The summed E-state index contributed by atoms with van der Waals surface area (Å²) in [6.07, 6.45) is -1.68. The van der Waals surface area contributed by atoms with E-state index in [0.717, 1.165) is 10.8 Å². The number of aromatic nitrogens is 2. The van der Waals surface area contributed by atoms with Gasteiger partial charge in [-0.3, -0.25) is 19.1 Å². The van der Waals surface area contributed by atoms with Gasteiger partial charge in [0.15, 0.2) is 0 Å².